The lowest BCUT2D eigenvalue weighted by Gasteiger charge is -2.17. The largest absolute Gasteiger partial charge is 0.437 e. The number of furan rings is 1. The molecule has 0 aliphatic heterocycles. The molecule has 2 aromatic heterocycles. The van der Waals surface area contributed by atoms with E-state index in [-0.39, 0.29) is 12.5 Å². The van der Waals surface area contributed by atoms with Gasteiger partial charge in [0, 0.05) is 22.9 Å². The van der Waals surface area contributed by atoms with Crippen LogP contribution in [0, 0.1) is 5.82 Å². The summed E-state index contributed by atoms with van der Waals surface area (Å²) in [4.78, 5) is 9.00. The number of halogens is 1. The number of nitrogens with zero attached hydrogens (tertiary/aromatic N) is 2. The Morgan fingerprint density at radius 2 is 1.61 bits per heavy atom. The van der Waals surface area contributed by atoms with Crippen LogP contribution in [-0.4, -0.2) is 27.8 Å². The van der Waals surface area contributed by atoms with E-state index >= 15 is 0 Å². The standard InChI is InChI=1S/C26H27FN4O2/c27-19-11-7-17(8-12-19)22-23-25(31-21-5-3-1-2-4-6-21)28-15-29-26(23)33-24(22)18-9-13-20(14-10-18)30-16-32/h7-15,21,30,32H,1-6,16H2,(H,28,29,31). The van der Waals surface area contributed by atoms with E-state index < -0.39 is 0 Å². The fourth-order valence-corrected chi connectivity index (χ4v) is 4.59. The molecule has 0 radical (unpaired) electrons. The molecule has 0 atom stereocenters. The van der Waals surface area contributed by atoms with Gasteiger partial charge in [-0.2, -0.15) is 0 Å². The molecule has 1 saturated carbocycles. The van der Waals surface area contributed by atoms with Crippen LogP contribution in [0.1, 0.15) is 38.5 Å². The zero-order valence-electron chi connectivity index (χ0n) is 18.4. The van der Waals surface area contributed by atoms with Crippen LogP contribution in [-0.2, 0) is 0 Å². The first kappa shape index (κ1) is 21.4. The maximum Gasteiger partial charge on any atom is 0.232 e. The van der Waals surface area contributed by atoms with E-state index in [1.54, 1.807) is 12.1 Å². The molecular formula is C26H27FN4O2. The monoisotopic (exact) mass is 446 g/mol. The second-order valence-electron chi connectivity index (χ2n) is 8.46. The van der Waals surface area contributed by atoms with Gasteiger partial charge in [-0.25, -0.2) is 14.4 Å². The molecule has 7 heteroatoms. The molecule has 1 aliphatic carbocycles. The fourth-order valence-electron chi connectivity index (χ4n) is 4.59. The van der Waals surface area contributed by atoms with Crippen LogP contribution < -0.4 is 10.6 Å². The third-order valence-electron chi connectivity index (χ3n) is 6.25. The van der Waals surface area contributed by atoms with Crippen molar-refractivity contribution >= 4 is 22.6 Å². The Hall–Kier alpha value is -3.45. The number of aliphatic hydroxyl groups excluding tert-OH is 1. The smallest absolute Gasteiger partial charge is 0.232 e. The van der Waals surface area contributed by atoms with E-state index in [2.05, 4.69) is 20.6 Å². The van der Waals surface area contributed by atoms with Gasteiger partial charge in [-0.05, 0) is 54.8 Å². The van der Waals surface area contributed by atoms with Gasteiger partial charge in [0.05, 0.1) is 5.39 Å². The highest BCUT2D eigenvalue weighted by atomic mass is 19.1. The molecule has 170 valence electrons. The van der Waals surface area contributed by atoms with E-state index in [4.69, 9.17) is 9.52 Å². The van der Waals surface area contributed by atoms with E-state index in [0.717, 1.165) is 46.4 Å². The Morgan fingerprint density at radius 3 is 2.30 bits per heavy atom. The summed E-state index contributed by atoms with van der Waals surface area (Å²) in [5, 5.41) is 16.5. The highest BCUT2D eigenvalue weighted by Crippen LogP contribution is 2.43. The molecule has 4 aromatic rings. The third-order valence-corrected chi connectivity index (χ3v) is 6.25. The summed E-state index contributed by atoms with van der Waals surface area (Å²) in [5.74, 6) is 1.11. The highest BCUT2D eigenvalue weighted by Gasteiger charge is 2.23. The number of anilines is 2. The van der Waals surface area contributed by atoms with Gasteiger partial charge in [0.25, 0.3) is 0 Å². The van der Waals surface area contributed by atoms with E-state index in [9.17, 15) is 4.39 Å². The zero-order chi connectivity index (χ0) is 22.6. The highest BCUT2D eigenvalue weighted by molar-refractivity contribution is 6.05. The van der Waals surface area contributed by atoms with Gasteiger partial charge in [0.2, 0.25) is 5.71 Å². The van der Waals surface area contributed by atoms with Crippen molar-refractivity contribution in [3.63, 3.8) is 0 Å². The van der Waals surface area contributed by atoms with Gasteiger partial charge in [0.15, 0.2) is 0 Å². The molecule has 2 heterocycles. The lowest BCUT2D eigenvalue weighted by molar-refractivity contribution is 0.325. The quantitative estimate of drug-likeness (QED) is 0.242. The number of benzene rings is 2. The van der Waals surface area contributed by atoms with Crippen LogP contribution in [0.15, 0.2) is 59.3 Å². The van der Waals surface area contributed by atoms with Gasteiger partial charge in [-0.1, -0.05) is 37.8 Å². The van der Waals surface area contributed by atoms with Gasteiger partial charge in [-0.3, -0.25) is 0 Å². The van der Waals surface area contributed by atoms with Crippen molar-refractivity contribution in [2.24, 2.45) is 0 Å². The van der Waals surface area contributed by atoms with Crippen molar-refractivity contribution in [2.75, 3.05) is 17.4 Å². The van der Waals surface area contributed by atoms with Gasteiger partial charge >= 0.3 is 0 Å². The number of rotatable bonds is 6. The molecule has 0 saturated heterocycles. The molecule has 33 heavy (non-hydrogen) atoms. The third kappa shape index (κ3) is 4.54. The number of hydrogen-bond donors (Lipinski definition) is 3. The van der Waals surface area contributed by atoms with E-state index in [1.807, 2.05) is 24.3 Å². The van der Waals surface area contributed by atoms with Crippen molar-refractivity contribution < 1.29 is 13.9 Å². The van der Waals surface area contributed by atoms with Gasteiger partial charge < -0.3 is 20.2 Å². The van der Waals surface area contributed by atoms with Crippen LogP contribution in [0.25, 0.3) is 33.6 Å². The molecule has 5 rings (SSSR count). The van der Waals surface area contributed by atoms with Crippen LogP contribution in [0.4, 0.5) is 15.9 Å². The first-order valence-corrected chi connectivity index (χ1v) is 11.5. The minimum atomic E-state index is -0.291. The van der Waals surface area contributed by atoms with E-state index in [1.165, 1.54) is 44.1 Å². The Labute approximate surface area is 191 Å². The minimum Gasteiger partial charge on any atom is -0.437 e. The minimum absolute atomic E-state index is 0.142. The van der Waals surface area contributed by atoms with Crippen molar-refractivity contribution in [3.05, 3.63) is 60.7 Å². The van der Waals surface area contributed by atoms with Crippen molar-refractivity contribution in [1.82, 2.24) is 9.97 Å². The normalized spacial score (nSPS) is 14.8. The summed E-state index contributed by atoms with van der Waals surface area (Å²) in [6, 6.07) is 14.4. The summed E-state index contributed by atoms with van der Waals surface area (Å²) in [6.07, 6.45) is 8.72. The molecule has 1 fully saturated rings. The Balaban J connectivity index is 1.65. The average molecular weight is 447 g/mol. The maximum absolute atomic E-state index is 13.7. The number of fused-ring (bicyclic) bond motifs is 1. The number of aliphatic hydroxyl groups is 1. The van der Waals surface area contributed by atoms with Crippen LogP contribution in [0.3, 0.4) is 0 Å². The number of nitrogens with one attached hydrogen (secondary N) is 2. The SMILES string of the molecule is OCNc1ccc(-c2oc3ncnc(NC4CCCCCC4)c3c2-c2ccc(F)cc2)cc1. The first-order chi connectivity index (χ1) is 16.2. The Morgan fingerprint density at radius 1 is 0.909 bits per heavy atom. The van der Waals surface area contributed by atoms with Crippen molar-refractivity contribution in [2.45, 2.75) is 44.6 Å². The lowest BCUT2D eigenvalue weighted by atomic mass is 9.99. The Kier molecular flexibility index (Phi) is 6.21. The zero-order valence-corrected chi connectivity index (χ0v) is 18.4. The lowest BCUT2D eigenvalue weighted by Crippen LogP contribution is -2.19. The summed E-state index contributed by atoms with van der Waals surface area (Å²) in [7, 11) is 0. The van der Waals surface area contributed by atoms with Gasteiger partial charge in [0.1, 0.15) is 30.5 Å². The van der Waals surface area contributed by atoms with Crippen molar-refractivity contribution in [1.29, 1.82) is 0 Å². The second-order valence-corrected chi connectivity index (χ2v) is 8.46. The topological polar surface area (TPSA) is 83.2 Å². The fraction of sp³-hybridized carbons (Fsp3) is 0.308. The molecule has 3 N–H and O–H groups in total. The predicted molar refractivity (Wildman–Crippen MR) is 128 cm³/mol. The maximum atomic E-state index is 13.7. The Bertz CT molecular complexity index is 1210. The van der Waals surface area contributed by atoms with Gasteiger partial charge in [-0.15, -0.1) is 0 Å². The van der Waals surface area contributed by atoms with Crippen LogP contribution >= 0.6 is 0 Å². The molecule has 1 aliphatic rings. The summed E-state index contributed by atoms with van der Waals surface area (Å²) in [5.41, 5.74) is 3.83. The molecule has 2 aromatic carbocycles. The summed E-state index contributed by atoms with van der Waals surface area (Å²) < 4.78 is 20.0. The van der Waals surface area contributed by atoms with E-state index in [0.29, 0.717) is 17.5 Å². The molecule has 6 nitrogen and oxygen atoms in total. The molecule has 0 spiro atoms. The summed E-state index contributed by atoms with van der Waals surface area (Å²) in [6.45, 7) is -0.142. The average Bonchev–Trinajstić information content (AvgIpc) is 3.04. The number of hydrogen-bond acceptors (Lipinski definition) is 6. The molecule has 0 amide bonds. The summed E-state index contributed by atoms with van der Waals surface area (Å²) >= 11 is 0. The number of aromatic nitrogens is 2. The second kappa shape index (κ2) is 9.58. The van der Waals surface area contributed by atoms with Crippen LogP contribution in [0.5, 0.6) is 0 Å². The molecule has 0 bridgehead atoms. The predicted octanol–water partition coefficient (Wildman–Crippen LogP) is 6.19. The van der Waals surface area contributed by atoms with Crippen LogP contribution in [0.2, 0.25) is 0 Å². The molecular weight excluding hydrogens is 419 g/mol. The first-order valence-electron chi connectivity index (χ1n) is 11.5. The molecule has 0 unspecified atom stereocenters. The van der Waals surface area contributed by atoms with Crippen molar-refractivity contribution in [3.8, 4) is 22.5 Å².